The Morgan fingerprint density at radius 3 is 1.71 bits per heavy atom. The lowest BCUT2D eigenvalue weighted by atomic mass is 10.2. The molecule has 4 nitrogen and oxygen atoms in total. The molecular weight excluding hydrogens is 266 g/mol. The van der Waals surface area contributed by atoms with Crippen LogP contribution in [0, 0.1) is 0 Å². The molecule has 0 heterocycles. The van der Waals surface area contributed by atoms with Crippen LogP contribution >= 0.6 is 0 Å². The van der Waals surface area contributed by atoms with Gasteiger partial charge in [-0.05, 0) is 25.7 Å². The van der Waals surface area contributed by atoms with Gasteiger partial charge in [-0.25, -0.2) is 4.79 Å². The Morgan fingerprint density at radius 1 is 1.05 bits per heavy atom. The van der Waals surface area contributed by atoms with Gasteiger partial charge in [0.05, 0.1) is 5.56 Å². The second kappa shape index (κ2) is 12.6. The molecule has 0 aromatic heterocycles. The molecule has 0 atom stereocenters. The molecule has 0 saturated carbocycles. The Labute approximate surface area is 125 Å². The molecule has 0 radical (unpaired) electrons. The van der Waals surface area contributed by atoms with E-state index in [2.05, 4.69) is 12.2 Å². The van der Waals surface area contributed by atoms with Crippen LogP contribution in [0.2, 0.25) is 0 Å². The molecular formula is C17H21NO3. The summed E-state index contributed by atoms with van der Waals surface area (Å²) in [5.41, 5.74) is 1.06. The number of rotatable bonds is 3. The van der Waals surface area contributed by atoms with Crippen molar-refractivity contribution in [1.29, 1.82) is 0 Å². The van der Waals surface area contributed by atoms with E-state index in [0.717, 1.165) is 18.4 Å². The lowest BCUT2D eigenvalue weighted by Crippen LogP contribution is -2.01. The molecule has 0 aliphatic rings. The Balaban J connectivity index is 0.000000308. The normalized spacial score (nSPS) is 8.48. The molecule has 0 amide bonds. The van der Waals surface area contributed by atoms with E-state index in [1.165, 1.54) is 0 Å². The standard InChI is InChI=1S/C7H6O2.C7H6O.C3H9N/c8-7(9)6-4-2-1-3-5-6;8-6-7-4-2-1-3-5-7;1-3-4-2/h1-5H,(H,8,9);1-6H;4H,3H2,1-2H3. The molecule has 112 valence electrons. The van der Waals surface area contributed by atoms with E-state index >= 15 is 0 Å². The van der Waals surface area contributed by atoms with Crippen molar-refractivity contribution in [2.24, 2.45) is 0 Å². The highest BCUT2D eigenvalue weighted by molar-refractivity contribution is 5.87. The number of hydrogen-bond acceptors (Lipinski definition) is 3. The summed E-state index contributed by atoms with van der Waals surface area (Å²) < 4.78 is 0. The zero-order chi connectivity index (χ0) is 15.9. The molecule has 2 rings (SSSR count). The van der Waals surface area contributed by atoms with Crippen LogP contribution < -0.4 is 5.32 Å². The maximum absolute atomic E-state index is 10.2. The molecule has 0 fully saturated rings. The first-order valence-corrected chi connectivity index (χ1v) is 6.58. The summed E-state index contributed by atoms with van der Waals surface area (Å²) in [6, 6.07) is 17.4. The van der Waals surface area contributed by atoms with Gasteiger partial charge in [-0.3, -0.25) is 4.79 Å². The van der Waals surface area contributed by atoms with Crippen LogP contribution in [-0.4, -0.2) is 31.0 Å². The highest BCUT2D eigenvalue weighted by atomic mass is 16.4. The van der Waals surface area contributed by atoms with Crippen LogP contribution in [0.15, 0.2) is 60.7 Å². The van der Waals surface area contributed by atoms with Crippen molar-refractivity contribution in [2.75, 3.05) is 13.6 Å². The van der Waals surface area contributed by atoms with E-state index in [0.29, 0.717) is 5.56 Å². The van der Waals surface area contributed by atoms with E-state index in [1.54, 1.807) is 42.5 Å². The Morgan fingerprint density at radius 2 is 1.48 bits per heavy atom. The topological polar surface area (TPSA) is 66.4 Å². The van der Waals surface area contributed by atoms with Gasteiger partial charge >= 0.3 is 5.97 Å². The van der Waals surface area contributed by atoms with Crippen molar-refractivity contribution in [1.82, 2.24) is 5.32 Å². The van der Waals surface area contributed by atoms with E-state index in [4.69, 9.17) is 5.11 Å². The van der Waals surface area contributed by atoms with Crippen LogP contribution in [0.25, 0.3) is 0 Å². The number of nitrogens with one attached hydrogen (secondary N) is 1. The van der Waals surface area contributed by atoms with Crippen molar-refractivity contribution in [3.05, 3.63) is 71.8 Å². The zero-order valence-corrected chi connectivity index (χ0v) is 12.3. The summed E-state index contributed by atoms with van der Waals surface area (Å²) in [6.07, 6.45) is 0.833. The third-order valence-electron chi connectivity index (χ3n) is 2.31. The summed E-state index contributed by atoms with van der Waals surface area (Å²) in [6.45, 7) is 3.14. The predicted molar refractivity (Wildman–Crippen MR) is 84.8 cm³/mol. The van der Waals surface area contributed by atoms with Crippen LogP contribution in [0.5, 0.6) is 0 Å². The fraction of sp³-hybridized carbons (Fsp3) is 0.176. The highest BCUT2D eigenvalue weighted by Crippen LogP contribution is 1.96. The first-order valence-electron chi connectivity index (χ1n) is 6.58. The molecule has 0 spiro atoms. The number of carbonyl (C=O) groups excluding carboxylic acids is 1. The van der Waals surface area contributed by atoms with Crippen LogP contribution in [0.3, 0.4) is 0 Å². The fourth-order valence-corrected chi connectivity index (χ4v) is 1.11. The average Bonchev–Trinajstić information content (AvgIpc) is 2.57. The maximum Gasteiger partial charge on any atom is 0.335 e. The van der Waals surface area contributed by atoms with Gasteiger partial charge in [-0.2, -0.15) is 0 Å². The molecule has 2 aromatic carbocycles. The van der Waals surface area contributed by atoms with Gasteiger partial charge in [-0.15, -0.1) is 0 Å². The summed E-state index contributed by atoms with van der Waals surface area (Å²) in [4.78, 5) is 20.2. The SMILES string of the molecule is CCNC.O=C(O)c1ccccc1.O=Cc1ccccc1. The minimum absolute atomic E-state index is 0.331. The van der Waals surface area contributed by atoms with Gasteiger partial charge in [0.1, 0.15) is 6.29 Å². The number of aldehydes is 1. The lowest BCUT2D eigenvalue weighted by molar-refractivity contribution is 0.0696. The molecule has 4 heteroatoms. The van der Waals surface area contributed by atoms with E-state index in [9.17, 15) is 9.59 Å². The molecule has 0 aliphatic heterocycles. The van der Waals surface area contributed by atoms with Gasteiger partial charge < -0.3 is 10.4 Å². The molecule has 0 bridgehead atoms. The van der Waals surface area contributed by atoms with Gasteiger partial charge in [-0.1, -0.05) is 55.5 Å². The van der Waals surface area contributed by atoms with Crippen LogP contribution in [-0.2, 0) is 0 Å². The van der Waals surface area contributed by atoms with Crippen LogP contribution in [0.4, 0.5) is 0 Å². The molecule has 0 saturated heterocycles. The van der Waals surface area contributed by atoms with Gasteiger partial charge in [0.2, 0.25) is 0 Å². The molecule has 2 aromatic rings. The number of hydrogen-bond donors (Lipinski definition) is 2. The second-order valence-electron chi connectivity index (χ2n) is 3.91. The van der Waals surface area contributed by atoms with Gasteiger partial charge in [0.15, 0.2) is 0 Å². The summed E-state index contributed by atoms with van der Waals surface area (Å²) in [7, 11) is 1.93. The zero-order valence-electron chi connectivity index (χ0n) is 12.3. The molecule has 0 unspecified atom stereocenters. The number of carboxylic acid groups (broad SMARTS) is 1. The van der Waals surface area contributed by atoms with Crippen molar-refractivity contribution in [3.8, 4) is 0 Å². The number of benzene rings is 2. The smallest absolute Gasteiger partial charge is 0.335 e. The number of carbonyl (C=O) groups is 2. The Bertz CT molecular complexity index is 496. The minimum Gasteiger partial charge on any atom is -0.478 e. The predicted octanol–water partition coefficient (Wildman–Crippen LogP) is 3.11. The quantitative estimate of drug-likeness (QED) is 0.851. The number of aromatic carboxylic acids is 1. The van der Waals surface area contributed by atoms with E-state index < -0.39 is 5.97 Å². The van der Waals surface area contributed by atoms with Crippen LogP contribution in [0.1, 0.15) is 27.6 Å². The highest BCUT2D eigenvalue weighted by Gasteiger charge is 1.96. The van der Waals surface area contributed by atoms with Crippen molar-refractivity contribution < 1.29 is 14.7 Å². The number of carboxylic acids is 1. The largest absolute Gasteiger partial charge is 0.478 e. The third kappa shape index (κ3) is 10.0. The Hall–Kier alpha value is -2.46. The molecule has 0 aliphatic carbocycles. The van der Waals surface area contributed by atoms with Crippen molar-refractivity contribution in [2.45, 2.75) is 6.92 Å². The lowest BCUT2D eigenvalue weighted by Gasteiger charge is -1.88. The molecule has 2 N–H and O–H groups in total. The molecule has 21 heavy (non-hydrogen) atoms. The van der Waals surface area contributed by atoms with Gasteiger partial charge in [0, 0.05) is 5.56 Å². The first-order chi connectivity index (χ1) is 10.2. The monoisotopic (exact) mass is 287 g/mol. The first kappa shape index (κ1) is 18.5. The minimum atomic E-state index is -0.879. The Kier molecular flexibility index (Phi) is 11.1. The maximum atomic E-state index is 10.2. The second-order valence-corrected chi connectivity index (χ2v) is 3.91. The third-order valence-corrected chi connectivity index (χ3v) is 2.31. The van der Waals surface area contributed by atoms with E-state index in [1.807, 2.05) is 25.2 Å². The summed E-state index contributed by atoms with van der Waals surface area (Å²) in [5.74, 6) is -0.879. The average molecular weight is 287 g/mol. The van der Waals surface area contributed by atoms with E-state index in [-0.39, 0.29) is 0 Å². The van der Waals surface area contributed by atoms with Crippen molar-refractivity contribution >= 4 is 12.3 Å². The summed E-state index contributed by atoms with van der Waals surface area (Å²) in [5, 5.41) is 11.3. The fourth-order valence-electron chi connectivity index (χ4n) is 1.11. The van der Waals surface area contributed by atoms with Gasteiger partial charge in [0.25, 0.3) is 0 Å². The summed E-state index contributed by atoms with van der Waals surface area (Å²) >= 11 is 0. The van der Waals surface area contributed by atoms with Crippen molar-refractivity contribution in [3.63, 3.8) is 0 Å².